The van der Waals surface area contributed by atoms with Crippen molar-refractivity contribution in [1.29, 1.82) is 0 Å². The Morgan fingerprint density at radius 1 is 1.06 bits per heavy atom. The number of nitrogens with zero attached hydrogens (tertiary/aromatic N) is 5. The van der Waals surface area contributed by atoms with Crippen LogP contribution in [0, 0.1) is 5.41 Å². The van der Waals surface area contributed by atoms with Crippen LogP contribution in [0.2, 0.25) is 10.0 Å². The second-order valence-corrected chi connectivity index (χ2v) is 9.43. The lowest BCUT2D eigenvalue weighted by Gasteiger charge is -2.39. The Bertz CT molecular complexity index is 1360. The average molecular weight is 495 g/mol. The Kier molecular flexibility index (Phi) is 5.91. The molecular formula is C25H24Cl2N6O. The zero-order chi connectivity index (χ0) is 23.9. The molecule has 0 unspecified atom stereocenters. The molecule has 1 amide bonds. The van der Waals surface area contributed by atoms with Crippen LogP contribution >= 0.6 is 23.2 Å². The first-order valence-corrected chi connectivity index (χ1v) is 12.0. The normalized spacial score (nSPS) is 15.6. The van der Waals surface area contributed by atoms with Crippen molar-refractivity contribution in [3.05, 3.63) is 64.9 Å². The molecule has 0 aliphatic carbocycles. The summed E-state index contributed by atoms with van der Waals surface area (Å²) >= 11 is 12.7. The van der Waals surface area contributed by atoms with Gasteiger partial charge in [-0.15, -0.1) is 0 Å². The van der Waals surface area contributed by atoms with Gasteiger partial charge < -0.3 is 10.6 Å². The largest absolute Gasteiger partial charge is 0.369 e. The first-order valence-electron chi connectivity index (χ1n) is 11.2. The fourth-order valence-electron chi connectivity index (χ4n) is 4.69. The summed E-state index contributed by atoms with van der Waals surface area (Å²) in [6.45, 7) is 3.35. The van der Waals surface area contributed by atoms with Crippen LogP contribution in [0.3, 0.4) is 0 Å². The van der Waals surface area contributed by atoms with Gasteiger partial charge in [0.25, 0.3) is 0 Å². The average Bonchev–Trinajstić information content (AvgIpc) is 3.24. The van der Waals surface area contributed by atoms with Crippen molar-refractivity contribution in [2.24, 2.45) is 11.1 Å². The van der Waals surface area contributed by atoms with E-state index in [4.69, 9.17) is 33.9 Å². The maximum atomic E-state index is 12.1. The predicted octanol–water partition coefficient (Wildman–Crippen LogP) is 5.27. The smallest absolute Gasteiger partial charge is 0.223 e. The molecule has 1 aliphatic rings. The van der Waals surface area contributed by atoms with Crippen molar-refractivity contribution >= 4 is 46.1 Å². The summed E-state index contributed by atoms with van der Waals surface area (Å²) in [7, 11) is 0. The number of carbonyl (C=O) groups is 1. The van der Waals surface area contributed by atoms with Crippen molar-refractivity contribution in [3.8, 4) is 17.1 Å². The number of piperidine rings is 1. The molecule has 2 N–H and O–H groups in total. The topological polar surface area (TPSA) is 89.9 Å². The highest BCUT2D eigenvalue weighted by atomic mass is 35.5. The quantitative estimate of drug-likeness (QED) is 0.407. The molecule has 1 fully saturated rings. The van der Waals surface area contributed by atoms with Crippen molar-refractivity contribution in [3.63, 3.8) is 0 Å². The molecule has 2 aromatic heterocycles. The molecule has 0 atom stereocenters. The molecule has 7 nitrogen and oxygen atoms in total. The molecule has 4 aromatic rings. The van der Waals surface area contributed by atoms with Gasteiger partial charge in [0.15, 0.2) is 17.0 Å². The number of hydrogen-bond donors (Lipinski definition) is 1. The number of rotatable bonds is 5. The Labute approximate surface area is 207 Å². The third-order valence-electron chi connectivity index (χ3n) is 6.84. The van der Waals surface area contributed by atoms with Gasteiger partial charge in [0.2, 0.25) is 5.91 Å². The van der Waals surface area contributed by atoms with Crippen LogP contribution < -0.4 is 10.6 Å². The van der Waals surface area contributed by atoms with Crippen LogP contribution in [0.5, 0.6) is 0 Å². The van der Waals surface area contributed by atoms with Crippen molar-refractivity contribution in [2.45, 2.75) is 26.2 Å². The maximum absolute atomic E-state index is 12.1. The fourth-order valence-corrected chi connectivity index (χ4v) is 5.04. The van der Waals surface area contributed by atoms with E-state index in [2.05, 4.69) is 14.9 Å². The summed E-state index contributed by atoms with van der Waals surface area (Å²) in [6, 6.07) is 15.1. The highest BCUT2D eigenvalue weighted by Crippen LogP contribution is 2.39. The molecule has 0 bridgehead atoms. The van der Waals surface area contributed by atoms with Gasteiger partial charge in [0.05, 0.1) is 10.4 Å². The van der Waals surface area contributed by atoms with Crippen molar-refractivity contribution in [1.82, 2.24) is 19.5 Å². The SMILES string of the molecule is CCC1(C(N)=O)CCN(c2ncnc3c2nc(-c2ccccc2Cl)n3-c2ccc(Cl)cc2)CC1. The van der Waals surface area contributed by atoms with E-state index in [1.807, 2.05) is 60.0 Å². The summed E-state index contributed by atoms with van der Waals surface area (Å²) in [5, 5.41) is 1.24. The van der Waals surface area contributed by atoms with E-state index in [1.54, 1.807) is 6.33 Å². The summed E-state index contributed by atoms with van der Waals surface area (Å²) in [5.74, 6) is 1.18. The van der Waals surface area contributed by atoms with Gasteiger partial charge in [-0.1, -0.05) is 42.3 Å². The zero-order valence-corrected chi connectivity index (χ0v) is 20.2. The number of aromatic nitrogens is 4. The van der Waals surface area contributed by atoms with E-state index in [0.717, 1.165) is 23.5 Å². The van der Waals surface area contributed by atoms with Gasteiger partial charge in [-0.05, 0) is 55.7 Å². The molecule has 174 valence electrons. The van der Waals surface area contributed by atoms with Gasteiger partial charge in [-0.2, -0.15) is 0 Å². The molecular weight excluding hydrogens is 471 g/mol. The van der Waals surface area contributed by atoms with Gasteiger partial charge in [0, 0.05) is 29.4 Å². The standard InChI is InChI=1S/C25H24Cl2N6O/c1-2-25(24(28)34)11-13-32(14-12-25)22-20-23(30-15-29-22)33(17-9-7-16(26)8-10-17)21(31-20)18-5-3-4-6-19(18)27/h3-10,15H,2,11-14H2,1H3,(H2,28,34). The monoisotopic (exact) mass is 494 g/mol. The van der Waals surface area contributed by atoms with Crippen LogP contribution in [-0.2, 0) is 4.79 Å². The first-order chi connectivity index (χ1) is 16.4. The number of carbonyl (C=O) groups excluding carboxylic acids is 1. The molecule has 34 heavy (non-hydrogen) atoms. The molecule has 9 heteroatoms. The lowest BCUT2D eigenvalue weighted by Crippen LogP contribution is -2.47. The summed E-state index contributed by atoms with van der Waals surface area (Å²) in [6.07, 6.45) is 3.65. The Morgan fingerprint density at radius 3 is 2.41 bits per heavy atom. The third kappa shape index (κ3) is 3.79. The summed E-state index contributed by atoms with van der Waals surface area (Å²) in [5.41, 5.74) is 8.28. The number of imidazole rings is 1. The van der Waals surface area contributed by atoms with Crippen molar-refractivity contribution in [2.75, 3.05) is 18.0 Å². The van der Waals surface area contributed by atoms with Crippen LogP contribution in [0.1, 0.15) is 26.2 Å². The maximum Gasteiger partial charge on any atom is 0.223 e. The van der Waals surface area contributed by atoms with E-state index in [0.29, 0.717) is 53.0 Å². The first kappa shape index (κ1) is 22.6. The second kappa shape index (κ2) is 8.89. The van der Waals surface area contributed by atoms with E-state index < -0.39 is 5.41 Å². The number of anilines is 1. The minimum atomic E-state index is -0.464. The summed E-state index contributed by atoms with van der Waals surface area (Å²) in [4.78, 5) is 28.5. The molecule has 1 aliphatic heterocycles. The molecule has 0 spiro atoms. The van der Waals surface area contributed by atoms with Gasteiger partial charge in [-0.3, -0.25) is 9.36 Å². The Balaban J connectivity index is 1.66. The van der Waals surface area contributed by atoms with Gasteiger partial charge in [-0.25, -0.2) is 15.0 Å². The Morgan fingerprint density at radius 2 is 1.76 bits per heavy atom. The number of amides is 1. The number of primary amides is 1. The lowest BCUT2D eigenvalue weighted by molar-refractivity contribution is -0.129. The van der Waals surface area contributed by atoms with Crippen molar-refractivity contribution < 1.29 is 4.79 Å². The van der Waals surface area contributed by atoms with E-state index in [9.17, 15) is 4.79 Å². The predicted molar refractivity (Wildman–Crippen MR) is 135 cm³/mol. The number of hydrogen-bond acceptors (Lipinski definition) is 5. The van der Waals surface area contributed by atoms with E-state index >= 15 is 0 Å². The fraction of sp³-hybridized carbons (Fsp3) is 0.280. The minimum absolute atomic E-state index is 0.226. The molecule has 2 aromatic carbocycles. The number of fused-ring (bicyclic) bond motifs is 1. The zero-order valence-electron chi connectivity index (χ0n) is 18.7. The third-order valence-corrected chi connectivity index (χ3v) is 7.43. The van der Waals surface area contributed by atoms with Crippen LogP contribution in [-0.4, -0.2) is 38.5 Å². The van der Waals surface area contributed by atoms with E-state index in [1.165, 1.54) is 0 Å². The van der Waals surface area contributed by atoms with E-state index in [-0.39, 0.29) is 5.91 Å². The number of halogens is 2. The molecule has 0 radical (unpaired) electrons. The number of nitrogens with two attached hydrogens (primary N) is 1. The lowest BCUT2D eigenvalue weighted by atomic mass is 9.75. The molecule has 0 saturated carbocycles. The van der Waals surface area contributed by atoms with Crippen LogP contribution in [0.4, 0.5) is 5.82 Å². The van der Waals surface area contributed by atoms with Gasteiger partial charge in [0.1, 0.15) is 12.2 Å². The highest BCUT2D eigenvalue weighted by Gasteiger charge is 2.39. The number of benzene rings is 2. The Hall–Kier alpha value is -3.16. The molecule has 3 heterocycles. The highest BCUT2D eigenvalue weighted by molar-refractivity contribution is 6.33. The molecule has 5 rings (SSSR count). The minimum Gasteiger partial charge on any atom is -0.369 e. The van der Waals surface area contributed by atoms with Crippen LogP contribution in [0.15, 0.2) is 54.9 Å². The molecule has 1 saturated heterocycles. The second-order valence-electron chi connectivity index (χ2n) is 8.58. The van der Waals surface area contributed by atoms with Crippen LogP contribution in [0.25, 0.3) is 28.2 Å². The summed E-state index contributed by atoms with van der Waals surface area (Å²) < 4.78 is 1.97. The van der Waals surface area contributed by atoms with Gasteiger partial charge >= 0.3 is 0 Å².